The Morgan fingerprint density at radius 3 is 2.21 bits per heavy atom. The minimum absolute atomic E-state index is 0.0793. The van der Waals surface area contributed by atoms with Gasteiger partial charge < -0.3 is 5.11 Å². The molecule has 1 aliphatic heterocycles. The Morgan fingerprint density at radius 1 is 1.00 bits per heavy atom. The highest BCUT2D eigenvalue weighted by atomic mass is 35.5. The first-order valence-electron chi connectivity index (χ1n) is 11.2. The van der Waals surface area contributed by atoms with Gasteiger partial charge in [0.2, 0.25) is 0 Å². The van der Waals surface area contributed by atoms with Gasteiger partial charge in [0.05, 0.1) is 11.4 Å². The number of carbonyl (C=O) groups excluding carboxylic acids is 2. The molecule has 1 aromatic carbocycles. The number of benzene rings is 1. The van der Waals surface area contributed by atoms with E-state index in [0.29, 0.717) is 16.4 Å². The first-order chi connectivity index (χ1) is 16.0. The van der Waals surface area contributed by atoms with Gasteiger partial charge >= 0.3 is 5.91 Å². The van der Waals surface area contributed by atoms with Crippen LogP contribution in [0.4, 0.5) is 0 Å². The predicted molar refractivity (Wildman–Crippen MR) is 128 cm³/mol. The topological polar surface area (TPSA) is 82.1 Å². The van der Waals surface area contributed by atoms with Gasteiger partial charge in [-0.25, -0.2) is 4.68 Å². The molecule has 0 bridgehead atoms. The molecule has 0 aliphatic carbocycles. The number of halogens is 1. The Hall–Kier alpha value is -3.45. The summed E-state index contributed by atoms with van der Waals surface area (Å²) in [7, 11) is 0. The third-order valence-corrected chi connectivity index (χ3v) is 5.96. The number of nitrogens with zero attached hydrogens (tertiary/aromatic N) is 4. The summed E-state index contributed by atoms with van der Waals surface area (Å²) >= 11 is 6.15. The van der Waals surface area contributed by atoms with Crippen molar-refractivity contribution in [1.29, 1.82) is 0 Å². The summed E-state index contributed by atoms with van der Waals surface area (Å²) in [5, 5.41) is 18.8. The zero-order chi connectivity index (χ0) is 24.9. The van der Waals surface area contributed by atoms with Crippen molar-refractivity contribution in [3.05, 3.63) is 70.1 Å². The molecule has 0 saturated heterocycles. The Balaban J connectivity index is 2.07. The summed E-state index contributed by atoms with van der Waals surface area (Å²) < 4.78 is 2.91. The van der Waals surface area contributed by atoms with Crippen LogP contribution in [0.15, 0.2) is 42.7 Å². The second kappa shape index (κ2) is 8.72. The lowest BCUT2D eigenvalue weighted by molar-refractivity contribution is -0.577. The maximum atomic E-state index is 13.8. The van der Waals surface area contributed by atoms with Crippen molar-refractivity contribution in [2.24, 2.45) is 0 Å². The summed E-state index contributed by atoms with van der Waals surface area (Å²) in [6.45, 7) is 11.2. The second-order valence-electron chi connectivity index (χ2n) is 9.21. The fraction of sp³-hybridized carbons (Fsp3) is 0.308. The molecule has 8 heteroatoms. The highest BCUT2D eigenvalue weighted by molar-refractivity contribution is 6.45. The zero-order valence-electron chi connectivity index (χ0n) is 20.1. The van der Waals surface area contributed by atoms with Crippen LogP contribution in [-0.2, 0) is 9.59 Å². The van der Waals surface area contributed by atoms with Crippen molar-refractivity contribution < 1.29 is 19.3 Å². The molecule has 0 fully saturated rings. The molecule has 0 radical (unpaired) electrons. The molecule has 0 unspecified atom stereocenters. The summed E-state index contributed by atoms with van der Waals surface area (Å²) in [6.07, 6.45) is 3.58. The van der Waals surface area contributed by atoms with E-state index >= 15 is 0 Å². The highest BCUT2D eigenvalue weighted by Crippen LogP contribution is 2.39. The van der Waals surface area contributed by atoms with E-state index in [1.165, 1.54) is 9.58 Å². The van der Waals surface area contributed by atoms with E-state index in [1.807, 2.05) is 33.8 Å². The van der Waals surface area contributed by atoms with Gasteiger partial charge in [-0.05, 0) is 63.8 Å². The summed E-state index contributed by atoms with van der Waals surface area (Å²) in [5.41, 5.74) is 3.19. The van der Waals surface area contributed by atoms with Crippen molar-refractivity contribution in [1.82, 2.24) is 14.7 Å². The van der Waals surface area contributed by atoms with Crippen molar-refractivity contribution >= 4 is 34.7 Å². The van der Waals surface area contributed by atoms with Crippen molar-refractivity contribution in [3.63, 3.8) is 0 Å². The van der Waals surface area contributed by atoms with Crippen molar-refractivity contribution in [2.45, 2.75) is 53.5 Å². The fourth-order valence-corrected chi connectivity index (χ4v) is 4.53. The molecule has 0 spiro atoms. The molecule has 4 rings (SSSR count). The van der Waals surface area contributed by atoms with Crippen LogP contribution in [0.2, 0.25) is 5.02 Å². The first kappa shape index (κ1) is 23.7. The number of aromatic nitrogens is 3. The van der Waals surface area contributed by atoms with E-state index in [9.17, 15) is 14.7 Å². The van der Waals surface area contributed by atoms with E-state index in [0.717, 1.165) is 11.1 Å². The van der Waals surface area contributed by atoms with Crippen LogP contribution in [0.5, 0.6) is 5.88 Å². The maximum absolute atomic E-state index is 13.8. The molecule has 0 saturated carbocycles. The van der Waals surface area contributed by atoms with E-state index in [2.05, 4.69) is 5.10 Å². The van der Waals surface area contributed by atoms with Crippen LogP contribution >= 0.6 is 11.6 Å². The number of carbonyl (C=O) groups is 2. The molecular weight excluding hydrogens is 452 g/mol. The van der Waals surface area contributed by atoms with Gasteiger partial charge in [-0.15, -0.1) is 0 Å². The summed E-state index contributed by atoms with van der Waals surface area (Å²) in [5.74, 6) is -1.56. The molecule has 2 amide bonds. The first-order valence-corrected chi connectivity index (χ1v) is 11.6. The molecular formula is C26H27ClN4O3. The van der Waals surface area contributed by atoms with Gasteiger partial charge in [0.25, 0.3) is 11.6 Å². The molecule has 176 valence electrons. The van der Waals surface area contributed by atoms with Crippen LogP contribution in [0, 0.1) is 13.8 Å². The number of pyridine rings is 1. The van der Waals surface area contributed by atoms with Gasteiger partial charge in [-0.3, -0.25) is 14.5 Å². The van der Waals surface area contributed by atoms with E-state index in [-0.39, 0.29) is 28.8 Å². The Labute approximate surface area is 203 Å². The van der Waals surface area contributed by atoms with Crippen LogP contribution in [0.25, 0.3) is 17.0 Å². The molecule has 0 atom stereocenters. The lowest BCUT2D eigenvalue weighted by Gasteiger charge is -2.19. The van der Waals surface area contributed by atoms with Crippen LogP contribution in [-0.4, -0.2) is 32.5 Å². The smallest absolute Gasteiger partial charge is 0.327 e. The largest absolute Gasteiger partial charge is 0.858 e. The Bertz CT molecular complexity index is 1330. The SMILES string of the molecule is Cc1cc(C)c[n+](C2=C(c3c(C(C)C)nn(-c4cccc(Cl)c4)c3[O-])C(=O)N(C(C)C)C2=O)c1. The molecule has 2 aromatic heterocycles. The monoisotopic (exact) mass is 478 g/mol. The average molecular weight is 479 g/mol. The van der Waals surface area contributed by atoms with Gasteiger partial charge in [-0.1, -0.05) is 31.5 Å². The van der Waals surface area contributed by atoms with Gasteiger partial charge in [0.1, 0.15) is 5.57 Å². The standard InChI is InChI=1S/C26H27ClN4O3/c1-14(2)22-20(25(33)31(28-22)19-9-7-8-18(27)11-19)21-23(26(34)30(15(3)4)24(21)32)29-12-16(5)10-17(6)13-29/h7-15H,1-6H3. The maximum Gasteiger partial charge on any atom is 0.327 e. The van der Waals surface area contributed by atoms with Crippen molar-refractivity contribution in [3.8, 4) is 11.6 Å². The summed E-state index contributed by atoms with van der Waals surface area (Å²) in [4.78, 5) is 28.4. The zero-order valence-corrected chi connectivity index (χ0v) is 20.8. The number of rotatable bonds is 5. The van der Waals surface area contributed by atoms with Crippen LogP contribution in [0.3, 0.4) is 0 Å². The Morgan fingerprint density at radius 2 is 1.65 bits per heavy atom. The fourth-order valence-electron chi connectivity index (χ4n) is 4.35. The lowest BCUT2D eigenvalue weighted by Crippen LogP contribution is -2.42. The molecule has 3 aromatic rings. The van der Waals surface area contributed by atoms with E-state index < -0.39 is 17.7 Å². The second-order valence-corrected chi connectivity index (χ2v) is 9.64. The molecule has 34 heavy (non-hydrogen) atoms. The average Bonchev–Trinajstić information content (AvgIpc) is 3.20. The van der Waals surface area contributed by atoms with Gasteiger partial charge in [0, 0.05) is 27.8 Å². The third kappa shape index (κ3) is 3.90. The molecule has 3 heterocycles. The number of amides is 2. The predicted octanol–water partition coefficient (Wildman–Crippen LogP) is 3.77. The van der Waals surface area contributed by atoms with E-state index in [4.69, 9.17) is 11.6 Å². The highest BCUT2D eigenvalue weighted by Gasteiger charge is 2.48. The number of hydrogen-bond donors (Lipinski definition) is 0. The molecule has 1 aliphatic rings. The quantitative estimate of drug-likeness (QED) is 0.413. The Kier molecular flexibility index (Phi) is 6.08. The van der Waals surface area contributed by atoms with Crippen LogP contribution < -0.4 is 9.67 Å². The number of hydrogen-bond acceptors (Lipinski definition) is 4. The third-order valence-electron chi connectivity index (χ3n) is 5.73. The van der Waals surface area contributed by atoms with Gasteiger partial charge in [-0.2, -0.15) is 9.67 Å². The lowest BCUT2D eigenvalue weighted by atomic mass is 9.98. The van der Waals surface area contributed by atoms with Gasteiger partial charge in [0.15, 0.2) is 12.4 Å². The number of imide groups is 1. The summed E-state index contributed by atoms with van der Waals surface area (Å²) in [6, 6.07) is 8.41. The van der Waals surface area contributed by atoms with Crippen molar-refractivity contribution in [2.75, 3.05) is 0 Å². The minimum Gasteiger partial charge on any atom is -0.858 e. The van der Waals surface area contributed by atoms with E-state index in [1.54, 1.807) is 55.1 Å². The minimum atomic E-state index is -0.494. The van der Waals surface area contributed by atoms with Crippen LogP contribution in [0.1, 0.15) is 56.0 Å². The normalized spacial score (nSPS) is 14.3. The number of aryl methyl sites for hydroxylation is 2. The molecule has 0 N–H and O–H groups in total. The molecule has 7 nitrogen and oxygen atoms in total.